The molecule has 0 radical (unpaired) electrons. The van der Waals surface area contributed by atoms with Gasteiger partial charge in [0.25, 0.3) is 0 Å². The zero-order valence-corrected chi connectivity index (χ0v) is 7.82. The molecule has 5 nitrogen and oxygen atoms in total. The van der Waals surface area contributed by atoms with Crippen LogP contribution in [0.25, 0.3) is 0 Å². The molecule has 0 aliphatic carbocycles. The van der Waals surface area contributed by atoms with Gasteiger partial charge in [-0.1, -0.05) is 9.24 Å². The molecule has 0 aliphatic rings. The van der Waals surface area contributed by atoms with Crippen LogP contribution in [0, 0.1) is 0 Å². The fourth-order valence-corrected chi connectivity index (χ4v) is 0.581. The number of carbonyl (C=O) groups excluding carboxylic acids is 3. The Morgan fingerprint density at radius 1 is 1.58 bits per heavy atom. The summed E-state index contributed by atoms with van der Waals surface area (Å²) in [4.78, 5) is 31.2. The second-order valence-corrected chi connectivity index (χ2v) is 2.76. The van der Waals surface area contributed by atoms with Crippen LogP contribution in [0.15, 0.2) is 0 Å². The maximum absolute atomic E-state index is 10.8. The van der Waals surface area contributed by atoms with E-state index in [4.69, 9.17) is 0 Å². The Bertz CT molecular complexity index is 195. The van der Waals surface area contributed by atoms with Gasteiger partial charge in [-0.25, -0.2) is 0 Å². The van der Waals surface area contributed by atoms with Crippen LogP contribution >= 0.6 is 9.24 Å². The van der Waals surface area contributed by atoms with Gasteiger partial charge in [-0.05, 0) is 6.92 Å². The molecule has 6 heteroatoms. The Balaban J connectivity index is 3.68. The van der Waals surface area contributed by atoms with Gasteiger partial charge < -0.3 is 10.6 Å². The number of rotatable bonds is 5. The largest absolute Gasteiger partial charge is 0.350 e. The molecule has 0 saturated heterocycles. The van der Waals surface area contributed by atoms with Crippen LogP contribution in [0.3, 0.4) is 0 Å². The maximum atomic E-state index is 10.8. The summed E-state index contributed by atoms with van der Waals surface area (Å²) in [6.07, 6.45) is 0.423. The molecular formula is C6H11N2O3P. The van der Waals surface area contributed by atoms with Crippen LogP contribution in [0.4, 0.5) is 0 Å². The van der Waals surface area contributed by atoms with Crippen LogP contribution in [0.2, 0.25) is 0 Å². The van der Waals surface area contributed by atoms with Crippen LogP contribution in [-0.4, -0.2) is 30.4 Å². The first kappa shape index (κ1) is 11.0. The maximum Gasteiger partial charge on any atom is 0.239 e. The average molecular weight is 190 g/mol. The minimum atomic E-state index is -0.532. The van der Waals surface area contributed by atoms with Crippen LogP contribution in [-0.2, 0) is 14.4 Å². The predicted octanol–water partition coefficient (Wildman–Crippen LogP) is -1.36. The number of hydrogen-bond donors (Lipinski definition) is 2. The van der Waals surface area contributed by atoms with Crippen molar-refractivity contribution in [3.05, 3.63) is 0 Å². The molecule has 2 N–H and O–H groups in total. The van der Waals surface area contributed by atoms with E-state index in [1.165, 1.54) is 0 Å². The van der Waals surface area contributed by atoms with E-state index in [-0.39, 0.29) is 18.0 Å². The lowest BCUT2D eigenvalue weighted by Crippen LogP contribution is -2.41. The van der Waals surface area contributed by atoms with Crippen LogP contribution < -0.4 is 10.6 Å². The quantitative estimate of drug-likeness (QED) is 0.415. The molecule has 0 saturated carbocycles. The fourth-order valence-electron chi connectivity index (χ4n) is 0.498. The zero-order valence-electron chi connectivity index (χ0n) is 6.66. The summed E-state index contributed by atoms with van der Waals surface area (Å²) >= 11 is 0. The summed E-state index contributed by atoms with van der Waals surface area (Å²) in [7, 11) is 1.97. The van der Waals surface area contributed by atoms with Gasteiger partial charge in [0.1, 0.15) is 0 Å². The van der Waals surface area contributed by atoms with Crippen molar-refractivity contribution < 1.29 is 14.4 Å². The second kappa shape index (κ2) is 5.66. The van der Waals surface area contributed by atoms with Gasteiger partial charge in [-0.3, -0.25) is 14.4 Å². The lowest BCUT2D eigenvalue weighted by Gasteiger charge is -2.09. The highest BCUT2D eigenvalue weighted by atomic mass is 31.0. The Labute approximate surface area is 72.5 Å². The van der Waals surface area contributed by atoms with Gasteiger partial charge in [0.05, 0.1) is 12.6 Å². The highest BCUT2D eigenvalue weighted by molar-refractivity contribution is 7.40. The Hall–Kier alpha value is -0.960. The van der Waals surface area contributed by atoms with E-state index in [2.05, 4.69) is 10.6 Å². The summed E-state index contributed by atoms with van der Waals surface area (Å²) in [5.74, 6) is -0.384. The highest BCUT2D eigenvalue weighted by Gasteiger charge is 2.09. The topological polar surface area (TPSA) is 75.3 Å². The SMILES string of the molecule is CC(NC(=O)CNC=O)C(=O)P. The summed E-state index contributed by atoms with van der Waals surface area (Å²) in [6.45, 7) is 1.46. The molecule has 0 aliphatic heterocycles. The lowest BCUT2D eigenvalue weighted by molar-refractivity contribution is -0.124. The van der Waals surface area contributed by atoms with Gasteiger partial charge in [-0.15, -0.1) is 0 Å². The second-order valence-electron chi connectivity index (χ2n) is 2.19. The first-order valence-corrected chi connectivity index (χ1v) is 3.91. The Morgan fingerprint density at radius 3 is 2.58 bits per heavy atom. The summed E-state index contributed by atoms with van der Waals surface area (Å²) in [5, 5.41) is 4.57. The predicted molar refractivity (Wildman–Crippen MR) is 46.4 cm³/mol. The smallest absolute Gasteiger partial charge is 0.239 e. The van der Waals surface area contributed by atoms with E-state index in [0.717, 1.165) is 0 Å². The molecule has 0 heterocycles. The molecular weight excluding hydrogens is 179 g/mol. The molecule has 12 heavy (non-hydrogen) atoms. The van der Waals surface area contributed by atoms with Crippen LogP contribution in [0.1, 0.15) is 6.92 Å². The third-order valence-electron chi connectivity index (χ3n) is 1.15. The van der Waals surface area contributed by atoms with E-state index >= 15 is 0 Å². The molecule has 0 rings (SSSR count). The number of carbonyl (C=O) groups is 3. The Morgan fingerprint density at radius 2 is 2.17 bits per heavy atom. The van der Waals surface area contributed by atoms with Crippen LogP contribution in [0.5, 0.6) is 0 Å². The Kier molecular flexibility index (Phi) is 5.21. The van der Waals surface area contributed by atoms with E-state index in [1.54, 1.807) is 6.92 Å². The molecule has 0 bridgehead atoms. The van der Waals surface area contributed by atoms with Crippen molar-refractivity contribution in [2.24, 2.45) is 0 Å². The van der Waals surface area contributed by atoms with E-state index in [0.29, 0.717) is 6.41 Å². The zero-order chi connectivity index (χ0) is 9.56. The third kappa shape index (κ3) is 4.79. The number of hydrogen-bond acceptors (Lipinski definition) is 3. The third-order valence-corrected chi connectivity index (χ3v) is 1.65. The molecule has 2 atom stereocenters. The highest BCUT2D eigenvalue weighted by Crippen LogP contribution is 1.91. The summed E-state index contributed by atoms with van der Waals surface area (Å²) < 4.78 is 0. The minimum Gasteiger partial charge on any atom is -0.350 e. The molecule has 2 unspecified atom stereocenters. The van der Waals surface area contributed by atoms with Crippen molar-refractivity contribution in [2.45, 2.75) is 13.0 Å². The van der Waals surface area contributed by atoms with Crippen molar-refractivity contribution in [3.63, 3.8) is 0 Å². The molecule has 0 spiro atoms. The molecule has 2 amide bonds. The average Bonchev–Trinajstić information content (AvgIpc) is 2.00. The van der Waals surface area contributed by atoms with E-state index < -0.39 is 6.04 Å². The summed E-state index contributed by atoms with van der Waals surface area (Å²) in [5.41, 5.74) is -0.200. The molecule has 68 valence electrons. The normalized spacial score (nSPS) is 11.5. The fraction of sp³-hybridized carbons (Fsp3) is 0.500. The minimum absolute atomic E-state index is 0.105. The van der Waals surface area contributed by atoms with E-state index in [1.807, 2.05) is 9.24 Å². The lowest BCUT2D eigenvalue weighted by atomic mass is 10.3. The number of nitrogens with one attached hydrogen (secondary N) is 2. The molecule has 0 aromatic heterocycles. The standard InChI is InChI=1S/C6H11N2O3P/c1-4(6(11)12)8-5(10)2-7-3-9/h3-4H,2,12H2,1H3,(H,7,9)(H,8,10). The molecule has 0 fully saturated rings. The van der Waals surface area contributed by atoms with Crippen molar-refractivity contribution in [3.8, 4) is 0 Å². The van der Waals surface area contributed by atoms with Gasteiger partial charge in [-0.2, -0.15) is 0 Å². The van der Waals surface area contributed by atoms with Crippen molar-refractivity contribution >= 4 is 27.1 Å². The molecule has 0 aromatic carbocycles. The van der Waals surface area contributed by atoms with Gasteiger partial charge in [0.15, 0.2) is 5.52 Å². The van der Waals surface area contributed by atoms with E-state index in [9.17, 15) is 14.4 Å². The van der Waals surface area contributed by atoms with Gasteiger partial charge in [0.2, 0.25) is 12.3 Å². The molecule has 0 aromatic rings. The first-order valence-electron chi connectivity index (χ1n) is 3.33. The first-order chi connectivity index (χ1) is 5.57. The summed E-state index contributed by atoms with van der Waals surface area (Å²) in [6, 6.07) is -0.532. The monoisotopic (exact) mass is 190 g/mol. The van der Waals surface area contributed by atoms with Crippen molar-refractivity contribution in [1.82, 2.24) is 10.6 Å². The van der Waals surface area contributed by atoms with Crippen molar-refractivity contribution in [1.29, 1.82) is 0 Å². The van der Waals surface area contributed by atoms with Gasteiger partial charge >= 0.3 is 0 Å². The van der Waals surface area contributed by atoms with Gasteiger partial charge in [0, 0.05) is 0 Å². The number of amides is 2. The van der Waals surface area contributed by atoms with Crippen molar-refractivity contribution in [2.75, 3.05) is 6.54 Å².